The molecule has 7 heteroatoms. The van der Waals surface area contributed by atoms with E-state index in [1.165, 1.54) is 12.1 Å². The van der Waals surface area contributed by atoms with Gasteiger partial charge in [-0.15, -0.1) is 0 Å². The first-order valence-electron chi connectivity index (χ1n) is 6.97. The van der Waals surface area contributed by atoms with Crippen molar-refractivity contribution in [3.63, 3.8) is 0 Å². The van der Waals surface area contributed by atoms with Crippen LogP contribution in [0.25, 0.3) is 22.1 Å². The number of rotatable bonds is 4. The zero-order valence-corrected chi connectivity index (χ0v) is 13.8. The van der Waals surface area contributed by atoms with Gasteiger partial charge in [-0.25, -0.2) is 4.79 Å². The maximum Gasteiger partial charge on any atom is 0.344 e. The minimum absolute atomic E-state index is 0.0883. The molecule has 0 fully saturated rings. The zero-order valence-electron chi connectivity index (χ0n) is 13.0. The quantitative estimate of drug-likeness (QED) is 0.534. The average Bonchev–Trinajstić information content (AvgIpc) is 2.53. The van der Waals surface area contributed by atoms with Crippen LogP contribution in [0.3, 0.4) is 0 Å². The third-order valence-electron chi connectivity index (χ3n) is 3.36. The summed E-state index contributed by atoms with van der Waals surface area (Å²) in [4.78, 5) is 12.2. The van der Waals surface area contributed by atoms with Gasteiger partial charge in [0, 0.05) is 11.5 Å². The van der Waals surface area contributed by atoms with E-state index in [1.807, 2.05) is 0 Å². The van der Waals surface area contributed by atoms with Gasteiger partial charge in [0.1, 0.15) is 17.1 Å². The van der Waals surface area contributed by atoms with E-state index in [9.17, 15) is 13.2 Å². The molecule has 0 N–H and O–H groups in total. The fourth-order valence-electron chi connectivity index (χ4n) is 2.29. The summed E-state index contributed by atoms with van der Waals surface area (Å²) in [5, 5.41) is 0.654. The van der Waals surface area contributed by atoms with Crippen molar-refractivity contribution in [2.45, 2.75) is 0 Å². The van der Waals surface area contributed by atoms with Gasteiger partial charge in [-0.3, -0.25) is 0 Å². The number of benzene rings is 2. The molecular weight excluding hydrogens is 332 g/mol. The van der Waals surface area contributed by atoms with E-state index in [1.54, 1.807) is 43.5 Å². The van der Waals surface area contributed by atoms with E-state index in [0.29, 0.717) is 22.3 Å². The molecule has 6 nitrogen and oxygen atoms in total. The smallest absolute Gasteiger partial charge is 0.344 e. The van der Waals surface area contributed by atoms with E-state index in [0.717, 1.165) is 6.26 Å². The molecule has 24 heavy (non-hydrogen) atoms. The van der Waals surface area contributed by atoms with Crippen molar-refractivity contribution in [2.24, 2.45) is 0 Å². The summed E-state index contributed by atoms with van der Waals surface area (Å²) in [6, 6.07) is 13.2. The van der Waals surface area contributed by atoms with Gasteiger partial charge in [-0.05, 0) is 35.9 Å². The minimum Gasteiger partial charge on any atom is -0.497 e. The molecule has 3 rings (SSSR count). The number of methoxy groups -OCH3 is 1. The lowest BCUT2D eigenvalue weighted by molar-refractivity contribution is 0.415. The second kappa shape index (κ2) is 6.01. The molecule has 0 amide bonds. The Hall–Kier alpha value is -2.80. The maximum absolute atomic E-state index is 12.2. The summed E-state index contributed by atoms with van der Waals surface area (Å²) in [5.41, 5.74) is 0.826. The molecule has 0 saturated carbocycles. The largest absolute Gasteiger partial charge is 0.497 e. The van der Waals surface area contributed by atoms with Crippen molar-refractivity contribution >= 4 is 21.1 Å². The summed E-state index contributed by atoms with van der Waals surface area (Å²) in [6.07, 6.45) is 0.945. The first-order valence-corrected chi connectivity index (χ1v) is 8.79. The normalized spacial score (nSPS) is 11.4. The second-order valence-electron chi connectivity index (χ2n) is 5.16. The minimum atomic E-state index is -3.65. The van der Waals surface area contributed by atoms with Gasteiger partial charge in [0.05, 0.1) is 18.9 Å². The van der Waals surface area contributed by atoms with Gasteiger partial charge in [0.25, 0.3) is 0 Å². The molecule has 3 aromatic rings. The zero-order chi connectivity index (χ0) is 17.3. The highest BCUT2D eigenvalue weighted by molar-refractivity contribution is 7.86. The molecule has 0 radical (unpaired) electrons. The van der Waals surface area contributed by atoms with E-state index in [4.69, 9.17) is 13.3 Å². The van der Waals surface area contributed by atoms with Crippen molar-refractivity contribution in [3.8, 4) is 22.6 Å². The van der Waals surface area contributed by atoms with Gasteiger partial charge in [0.15, 0.2) is 0 Å². The average molecular weight is 346 g/mol. The lowest BCUT2D eigenvalue weighted by Gasteiger charge is -2.06. The molecule has 1 heterocycles. The number of hydrogen-bond acceptors (Lipinski definition) is 6. The lowest BCUT2D eigenvalue weighted by Crippen LogP contribution is -2.06. The highest BCUT2D eigenvalue weighted by atomic mass is 32.2. The van der Waals surface area contributed by atoms with Crippen molar-refractivity contribution in [3.05, 3.63) is 59.0 Å². The molecule has 0 saturated heterocycles. The highest BCUT2D eigenvalue weighted by Crippen LogP contribution is 2.26. The molecule has 0 spiro atoms. The Morgan fingerprint density at radius 1 is 0.958 bits per heavy atom. The summed E-state index contributed by atoms with van der Waals surface area (Å²) >= 11 is 0. The van der Waals surface area contributed by atoms with Crippen LogP contribution in [0.4, 0.5) is 0 Å². The molecule has 0 aliphatic heterocycles. The Balaban J connectivity index is 2.07. The Morgan fingerprint density at radius 2 is 1.62 bits per heavy atom. The fraction of sp³-hybridized carbons (Fsp3) is 0.118. The van der Waals surface area contributed by atoms with Crippen LogP contribution in [-0.4, -0.2) is 21.8 Å². The van der Waals surface area contributed by atoms with E-state index < -0.39 is 15.7 Å². The molecule has 2 aromatic carbocycles. The van der Waals surface area contributed by atoms with Crippen molar-refractivity contribution < 1.29 is 21.8 Å². The van der Waals surface area contributed by atoms with Crippen LogP contribution in [0.5, 0.6) is 11.5 Å². The first kappa shape index (κ1) is 16.1. The molecule has 0 aliphatic rings. The first-order chi connectivity index (χ1) is 11.4. The Kier molecular flexibility index (Phi) is 4.02. The van der Waals surface area contributed by atoms with E-state index in [-0.39, 0.29) is 11.3 Å². The summed E-state index contributed by atoms with van der Waals surface area (Å²) in [7, 11) is -2.08. The van der Waals surface area contributed by atoms with Crippen LogP contribution in [-0.2, 0) is 10.1 Å². The maximum atomic E-state index is 12.2. The SMILES string of the molecule is COc1ccc(-c2cc3ccc(OS(C)(=O)=O)cc3oc2=O)cc1. The molecule has 0 atom stereocenters. The Bertz CT molecular complexity index is 1050. The van der Waals surface area contributed by atoms with Crippen LogP contribution in [0.15, 0.2) is 57.7 Å². The number of fused-ring (bicyclic) bond motifs is 1. The summed E-state index contributed by atoms with van der Waals surface area (Å²) in [5.74, 6) is 0.775. The Morgan fingerprint density at radius 3 is 2.25 bits per heavy atom. The van der Waals surface area contributed by atoms with Gasteiger partial charge >= 0.3 is 15.7 Å². The van der Waals surface area contributed by atoms with Gasteiger partial charge in [0.2, 0.25) is 0 Å². The summed E-state index contributed by atoms with van der Waals surface area (Å²) in [6.45, 7) is 0. The van der Waals surface area contributed by atoms with Gasteiger partial charge < -0.3 is 13.3 Å². The Labute approximate surface area is 138 Å². The third kappa shape index (κ3) is 3.41. The number of ether oxygens (including phenoxy) is 1. The third-order valence-corrected chi connectivity index (χ3v) is 3.85. The lowest BCUT2D eigenvalue weighted by atomic mass is 10.1. The second-order valence-corrected chi connectivity index (χ2v) is 6.74. The highest BCUT2D eigenvalue weighted by Gasteiger charge is 2.11. The van der Waals surface area contributed by atoms with E-state index in [2.05, 4.69) is 0 Å². The monoisotopic (exact) mass is 346 g/mol. The molecule has 0 aliphatic carbocycles. The van der Waals surface area contributed by atoms with Crippen LogP contribution in [0.2, 0.25) is 0 Å². The topological polar surface area (TPSA) is 82.8 Å². The van der Waals surface area contributed by atoms with Crippen molar-refractivity contribution in [2.75, 3.05) is 13.4 Å². The molecule has 124 valence electrons. The van der Waals surface area contributed by atoms with Crippen LogP contribution in [0, 0.1) is 0 Å². The molecular formula is C17H14O6S. The van der Waals surface area contributed by atoms with E-state index >= 15 is 0 Å². The number of hydrogen-bond donors (Lipinski definition) is 0. The van der Waals surface area contributed by atoms with Crippen LogP contribution < -0.4 is 14.5 Å². The fourth-order valence-corrected chi connectivity index (χ4v) is 2.74. The van der Waals surface area contributed by atoms with Crippen LogP contribution in [0.1, 0.15) is 0 Å². The predicted molar refractivity (Wildman–Crippen MR) is 89.9 cm³/mol. The molecule has 0 bridgehead atoms. The van der Waals surface area contributed by atoms with Crippen molar-refractivity contribution in [1.29, 1.82) is 0 Å². The van der Waals surface area contributed by atoms with Crippen molar-refractivity contribution in [1.82, 2.24) is 0 Å². The standard InChI is InChI=1S/C17H14O6S/c1-21-13-6-3-11(4-7-13)15-9-12-5-8-14(23-24(2,19)20)10-16(12)22-17(15)18/h3-10H,1-2H3. The predicted octanol–water partition coefficient (Wildman–Crippen LogP) is 2.81. The molecule has 0 unspecified atom stereocenters. The molecule has 1 aromatic heterocycles. The van der Waals surface area contributed by atoms with Gasteiger partial charge in [-0.2, -0.15) is 8.42 Å². The summed E-state index contributed by atoms with van der Waals surface area (Å²) < 4.78 is 37.5. The van der Waals surface area contributed by atoms with Gasteiger partial charge in [-0.1, -0.05) is 12.1 Å². The van der Waals surface area contributed by atoms with Crippen LogP contribution >= 0.6 is 0 Å².